The Bertz CT molecular complexity index is 187. The van der Waals surface area contributed by atoms with Gasteiger partial charge in [-0.1, -0.05) is 19.1 Å². The van der Waals surface area contributed by atoms with Crippen molar-refractivity contribution < 1.29 is 15.0 Å². The van der Waals surface area contributed by atoms with E-state index >= 15 is 0 Å². The standard InChI is InChI=1S/C10H18O3/c1-7(2)9(6-11)5-4-8(3)10(12)13/h8-9,11H,1,4-6H2,2-3H3,(H,12,13)/p-1/t8?,9-/m0/s1. The largest absolute Gasteiger partial charge is 0.550 e. The second-order valence-corrected chi connectivity index (χ2v) is 3.52. The first-order valence-electron chi connectivity index (χ1n) is 4.46. The van der Waals surface area contributed by atoms with Crippen molar-refractivity contribution in [2.24, 2.45) is 11.8 Å². The maximum absolute atomic E-state index is 10.4. The summed E-state index contributed by atoms with van der Waals surface area (Å²) in [4.78, 5) is 10.4. The number of carbonyl (C=O) groups is 1. The molecular weight excluding hydrogens is 168 g/mol. The van der Waals surface area contributed by atoms with Crippen LogP contribution in [0.25, 0.3) is 0 Å². The van der Waals surface area contributed by atoms with Crippen LogP contribution >= 0.6 is 0 Å². The van der Waals surface area contributed by atoms with Gasteiger partial charge >= 0.3 is 0 Å². The van der Waals surface area contributed by atoms with Crippen LogP contribution in [0.1, 0.15) is 26.7 Å². The predicted molar refractivity (Wildman–Crippen MR) is 48.8 cm³/mol. The van der Waals surface area contributed by atoms with Crippen molar-refractivity contribution >= 4 is 5.97 Å². The molecule has 0 rings (SSSR count). The lowest BCUT2D eigenvalue weighted by Crippen LogP contribution is -2.29. The fourth-order valence-electron chi connectivity index (χ4n) is 1.06. The number of carboxylic acids is 1. The minimum atomic E-state index is -1.03. The van der Waals surface area contributed by atoms with Gasteiger partial charge in [0.25, 0.3) is 0 Å². The second-order valence-electron chi connectivity index (χ2n) is 3.52. The van der Waals surface area contributed by atoms with Gasteiger partial charge < -0.3 is 15.0 Å². The van der Waals surface area contributed by atoms with Crippen LogP contribution in [-0.2, 0) is 4.79 Å². The maximum Gasteiger partial charge on any atom is 0.0496 e. The van der Waals surface area contributed by atoms with E-state index < -0.39 is 11.9 Å². The van der Waals surface area contributed by atoms with Gasteiger partial charge in [0.1, 0.15) is 0 Å². The molecule has 0 saturated heterocycles. The summed E-state index contributed by atoms with van der Waals surface area (Å²) in [6, 6.07) is 0. The van der Waals surface area contributed by atoms with Crippen molar-refractivity contribution in [3.63, 3.8) is 0 Å². The van der Waals surface area contributed by atoms with Gasteiger partial charge in [-0.25, -0.2) is 0 Å². The number of carbonyl (C=O) groups excluding carboxylic acids is 1. The average molecular weight is 185 g/mol. The van der Waals surface area contributed by atoms with Crippen LogP contribution in [0.15, 0.2) is 12.2 Å². The van der Waals surface area contributed by atoms with Gasteiger partial charge in [-0.3, -0.25) is 0 Å². The summed E-state index contributed by atoms with van der Waals surface area (Å²) in [5.41, 5.74) is 0.896. The lowest BCUT2D eigenvalue weighted by Gasteiger charge is -2.17. The highest BCUT2D eigenvalue weighted by atomic mass is 16.4. The highest BCUT2D eigenvalue weighted by molar-refractivity contribution is 5.66. The summed E-state index contributed by atoms with van der Waals surface area (Å²) < 4.78 is 0. The molecule has 0 heterocycles. The first-order chi connectivity index (χ1) is 5.99. The van der Waals surface area contributed by atoms with E-state index in [-0.39, 0.29) is 12.5 Å². The summed E-state index contributed by atoms with van der Waals surface area (Å²) >= 11 is 0. The van der Waals surface area contributed by atoms with Crippen LogP contribution in [-0.4, -0.2) is 17.7 Å². The zero-order valence-corrected chi connectivity index (χ0v) is 8.25. The third-order valence-corrected chi connectivity index (χ3v) is 2.27. The molecule has 0 fully saturated rings. The zero-order chi connectivity index (χ0) is 10.4. The summed E-state index contributed by atoms with van der Waals surface area (Å²) in [6.07, 6.45) is 1.18. The molecule has 0 aliphatic heterocycles. The molecule has 0 saturated carbocycles. The van der Waals surface area contributed by atoms with Crippen LogP contribution in [0, 0.1) is 11.8 Å². The Morgan fingerprint density at radius 2 is 2.08 bits per heavy atom. The van der Waals surface area contributed by atoms with E-state index in [1.54, 1.807) is 6.92 Å². The number of rotatable bonds is 6. The van der Waals surface area contributed by atoms with Gasteiger partial charge in [0.15, 0.2) is 0 Å². The fourth-order valence-corrected chi connectivity index (χ4v) is 1.06. The highest BCUT2D eigenvalue weighted by Gasteiger charge is 2.10. The molecule has 0 aliphatic carbocycles. The lowest BCUT2D eigenvalue weighted by atomic mass is 9.93. The highest BCUT2D eigenvalue weighted by Crippen LogP contribution is 2.17. The van der Waals surface area contributed by atoms with Crippen LogP contribution < -0.4 is 5.11 Å². The number of aliphatic carboxylic acids is 1. The van der Waals surface area contributed by atoms with E-state index in [0.29, 0.717) is 12.8 Å². The van der Waals surface area contributed by atoms with Crippen molar-refractivity contribution in [2.75, 3.05) is 6.61 Å². The molecule has 0 amide bonds. The Kier molecular flexibility index (Phi) is 5.39. The first kappa shape index (κ1) is 12.2. The molecule has 0 radical (unpaired) electrons. The van der Waals surface area contributed by atoms with Crippen molar-refractivity contribution in [2.45, 2.75) is 26.7 Å². The molecule has 0 bridgehead atoms. The Labute approximate surface area is 79.1 Å². The Morgan fingerprint density at radius 1 is 1.54 bits per heavy atom. The quantitative estimate of drug-likeness (QED) is 0.607. The smallest absolute Gasteiger partial charge is 0.0496 e. The fraction of sp³-hybridized carbons (Fsp3) is 0.700. The van der Waals surface area contributed by atoms with Gasteiger partial charge in [0.2, 0.25) is 0 Å². The van der Waals surface area contributed by atoms with Crippen molar-refractivity contribution in [1.82, 2.24) is 0 Å². The summed E-state index contributed by atoms with van der Waals surface area (Å²) in [7, 11) is 0. The molecule has 0 aromatic rings. The lowest BCUT2D eigenvalue weighted by molar-refractivity contribution is -0.311. The summed E-state index contributed by atoms with van der Waals surface area (Å²) in [5, 5.41) is 19.3. The number of carboxylic acid groups (broad SMARTS) is 1. The molecule has 13 heavy (non-hydrogen) atoms. The molecule has 3 heteroatoms. The van der Waals surface area contributed by atoms with E-state index in [9.17, 15) is 9.90 Å². The van der Waals surface area contributed by atoms with Crippen molar-refractivity contribution in [3.8, 4) is 0 Å². The van der Waals surface area contributed by atoms with E-state index in [2.05, 4.69) is 6.58 Å². The molecule has 2 atom stereocenters. The minimum absolute atomic E-state index is 0.0156. The van der Waals surface area contributed by atoms with Gasteiger partial charge in [-0.05, 0) is 25.7 Å². The molecule has 1 N–H and O–H groups in total. The molecule has 76 valence electrons. The molecule has 0 spiro atoms. The average Bonchev–Trinajstić information content (AvgIpc) is 2.04. The summed E-state index contributed by atoms with van der Waals surface area (Å²) in [5.74, 6) is -1.46. The number of aliphatic hydroxyl groups excluding tert-OH is 1. The van der Waals surface area contributed by atoms with E-state index in [1.165, 1.54) is 0 Å². The topological polar surface area (TPSA) is 60.4 Å². The van der Waals surface area contributed by atoms with Gasteiger partial charge in [0, 0.05) is 18.5 Å². The Balaban J connectivity index is 3.85. The van der Waals surface area contributed by atoms with E-state index in [1.807, 2.05) is 6.92 Å². The normalized spacial score (nSPS) is 15.0. The molecule has 0 aromatic heterocycles. The number of hydrogen-bond acceptors (Lipinski definition) is 3. The number of hydrogen-bond donors (Lipinski definition) is 1. The molecule has 1 unspecified atom stereocenters. The van der Waals surface area contributed by atoms with Crippen LogP contribution in [0.2, 0.25) is 0 Å². The number of aliphatic hydroxyl groups is 1. The zero-order valence-electron chi connectivity index (χ0n) is 8.25. The van der Waals surface area contributed by atoms with Crippen molar-refractivity contribution in [3.05, 3.63) is 12.2 Å². The molecule has 0 aliphatic rings. The van der Waals surface area contributed by atoms with Crippen LogP contribution in [0.3, 0.4) is 0 Å². The predicted octanol–water partition coefficient (Wildman–Crippen LogP) is 0.337. The van der Waals surface area contributed by atoms with Gasteiger partial charge in [-0.15, -0.1) is 0 Å². The molecular formula is C10H17O3-. The minimum Gasteiger partial charge on any atom is -0.550 e. The molecule has 0 aromatic carbocycles. The van der Waals surface area contributed by atoms with Crippen LogP contribution in [0.5, 0.6) is 0 Å². The third-order valence-electron chi connectivity index (χ3n) is 2.27. The Morgan fingerprint density at radius 3 is 2.38 bits per heavy atom. The Hall–Kier alpha value is -0.830. The van der Waals surface area contributed by atoms with Crippen LogP contribution in [0.4, 0.5) is 0 Å². The maximum atomic E-state index is 10.4. The summed E-state index contributed by atoms with van der Waals surface area (Å²) in [6.45, 7) is 7.21. The molecule has 3 nitrogen and oxygen atoms in total. The second kappa shape index (κ2) is 5.75. The first-order valence-corrected chi connectivity index (χ1v) is 4.46. The SMILES string of the molecule is C=C(C)[C@H](CO)CCC(C)C(=O)[O-]. The van der Waals surface area contributed by atoms with E-state index in [4.69, 9.17) is 5.11 Å². The monoisotopic (exact) mass is 185 g/mol. The third kappa shape index (κ3) is 4.68. The van der Waals surface area contributed by atoms with Gasteiger partial charge in [0.05, 0.1) is 0 Å². The van der Waals surface area contributed by atoms with Gasteiger partial charge in [-0.2, -0.15) is 0 Å². The van der Waals surface area contributed by atoms with Crippen molar-refractivity contribution in [1.29, 1.82) is 0 Å². The van der Waals surface area contributed by atoms with E-state index in [0.717, 1.165) is 5.57 Å².